The van der Waals surface area contributed by atoms with Gasteiger partial charge in [-0.05, 0) is 28.9 Å². The summed E-state index contributed by atoms with van der Waals surface area (Å²) >= 11 is 3.09. The normalized spacial score (nSPS) is 10.6. The number of nitrogens with zero attached hydrogens (tertiary/aromatic N) is 1. The molecule has 0 aliphatic rings. The van der Waals surface area contributed by atoms with Crippen molar-refractivity contribution in [1.82, 2.24) is 0 Å². The Labute approximate surface area is 98.3 Å². The maximum absolute atomic E-state index is 11.2. The Hall–Kier alpha value is -1.69. The summed E-state index contributed by atoms with van der Waals surface area (Å²) in [4.78, 5) is 21.4. The minimum absolute atomic E-state index is 0.0862. The van der Waals surface area contributed by atoms with Crippen LogP contribution in [0.25, 0.3) is 11.0 Å². The molecule has 2 aromatic rings. The van der Waals surface area contributed by atoms with Crippen molar-refractivity contribution in [2.75, 3.05) is 0 Å². The minimum atomic E-state index is -0.514. The maximum Gasteiger partial charge on any atom is 0.287 e. The number of nitro groups is 1. The third-order valence-corrected chi connectivity index (χ3v) is 2.85. The fourth-order valence-corrected chi connectivity index (χ4v) is 1.94. The van der Waals surface area contributed by atoms with Gasteiger partial charge in [0.25, 0.3) is 5.69 Å². The van der Waals surface area contributed by atoms with E-state index in [2.05, 4.69) is 15.9 Å². The average Bonchev–Trinajstić information content (AvgIpc) is 2.58. The molecule has 1 heterocycles. The zero-order valence-electron chi connectivity index (χ0n) is 8.19. The number of benzene rings is 1. The lowest BCUT2D eigenvalue weighted by molar-refractivity contribution is -0.385. The van der Waals surface area contributed by atoms with Gasteiger partial charge in [-0.25, -0.2) is 0 Å². The van der Waals surface area contributed by atoms with E-state index in [4.69, 9.17) is 4.42 Å². The maximum atomic E-state index is 11.2. The Morgan fingerprint density at radius 1 is 1.50 bits per heavy atom. The van der Waals surface area contributed by atoms with Crippen molar-refractivity contribution < 1.29 is 14.1 Å². The van der Waals surface area contributed by atoms with Gasteiger partial charge in [-0.1, -0.05) is 0 Å². The van der Waals surface area contributed by atoms with Crippen molar-refractivity contribution in [2.24, 2.45) is 0 Å². The molecule has 0 amide bonds. The molecule has 0 bridgehead atoms. The molecule has 2 rings (SSSR count). The summed E-state index contributed by atoms with van der Waals surface area (Å²) in [5.74, 6) is -0.139. The van der Waals surface area contributed by atoms with E-state index in [1.165, 1.54) is 25.3 Å². The second-order valence-electron chi connectivity index (χ2n) is 3.26. The molecular weight excluding hydrogens is 278 g/mol. The van der Waals surface area contributed by atoms with Crippen LogP contribution in [-0.2, 0) is 0 Å². The first kappa shape index (κ1) is 10.8. The predicted octanol–water partition coefficient (Wildman–Crippen LogP) is 3.31. The highest BCUT2D eigenvalue weighted by atomic mass is 79.9. The number of nitro benzene ring substituents is 1. The molecule has 0 unspecified atom stereocenters. The van der Waals surface area contributed by atoms with Gasteiger partial charge in [0, 0.05) is 5.39 Å². The van der Waals surface area contributed by atoms with Crippen LogP contribution in [0.15, 0.2) is 27.3 Å². The first-order valence-corrected chi connectivity index (χ1v) is 5.16. The number of rotatable bonds is 2. The lowest BCUT2D eigenvalue weighted by Gasteiger charge is -1.96. The number of hydrogen-bond acceptors (Lipinski definition) is 4. The SMILES string of the molecule is CC(=O)c1coc2cc([N+](=O)[O-])c(Br)cc12. The number of carbonyl (C=O) groups excluding carboxylic acids is 1. The first-order chi connectivity index (χ1) is 7.50. The molecule has 0 spiro atoms. The fraction of sp³-hybridized carbons (Fsp3) is 0.100. The number of fused-ring (bicyclic) bond motifs is 1. The summed E-state index contributed by atoms with van der Waals surface area (Å²) in [6.07, 6.45) is 1.31. The molecule has 0 aliphatic heterocycles. The molecule has 1 aromatic heterocycles. The van der Waals surface area contributed by atoms with Crippen LogP contribution in [0.4, 0.5) is 5.69 Å². The third-order valence-electron chi connectivity index (χ3n) is 2.22. The Kier molecular flexibility index (Phi) is 2.51. The Morgan fingerprint density at radius 3 is 2.75 bits per heavy atom. The number of halogens is 1. The van der Waals surface area contributed by atoms with Gasteiger partial charge < -0.3 is 4.42 Å². The van der Waals surface area contributed by atoms with Gasteiger partial charge in [0.15, 0.2) is 5.78 Å². The van der Waals surface area contributed by atoms with Crippen LogP contribution in [-0.4, -0.2) is 10.7 Å². The van der Waals surface area contributed by atoms with E-state index in [9.17, 15) is 14.9 Å². The lowest BCUT2D eigenvalue weighted by Crippen LogP contribution is -1.91. The van der Waals surface area contributed by atoms with E-state index in [-0.39, 0.29) is 11.5 Å². The molecule has 0 radical (unpaired) electrons. The van der Waals surface area contributed by atoms with E-state index in [1.807, 2.05) is 0 Å². The molecule has 1 aromatic carbocycles. The van der Waals surface area contributed by atoms with Crippen molar-refractivity contribution in [3.8, 4) is 0 Å². The Morgan fingerprint density at radius 2 is 2.19 bits per heavy atom. The second-order valence-corrected chi connectivity index (χ2v) is 4.12. The molecule has 0 atom stereocenters. The van der Waals surface area contributed by atoms with Crippen molar-refractivity contribution in [3.63, 3.8) is 0 Å². The Balaban J connectivity index is 2.76. The van der Waals surface area contributed by atoms with Gasteiger partial charge in [-0.2, -0.15) is 0 Å². The second kappa shape index (κ2) is 3.71. The zero-order chi connectivity index (χ0) is 11.9. The van der Waals surface area contributed by atoms with Crippen LogP contribution >= 0.6 is 15.9 Å². The largest absolute Gasteiger partial charge is 0.463 e. The predicted molar refractivity (Wildman–Crippen MR) is 60.6 cm³/mol. The highest BCUT2D eigenvalue weighted by Gasteiger charge is 2.18. The van der Waals surface area contributed by atoms with E-state index in [0.29, 0.717) is 21.0 Å². The topological polar surface area (TPSA) is 73.3 Å². The summed E-state index contributed by atoms with van der Waals surface area (Å²) in [6.45, 7) is 1.42. The fourth-order valence-electron chi connectivity index (χ4n) is 1.45. The average molecular weight is 284 g/mol. The van der Waals surface area contributed by atoms with Crippen molar-refractivity contribution in [3.05, 3.63) is 38.5 Å². The smallest absolute Gasteiger partial charge is 0.287 e. The zero-order valence-corrected chi connectivity index (χ0v) is 9.78. The number of hydrogen-bond donors (Lipinski definition) is 0. The van der Waals surface area contributed by atoms with Gasteiger partial charge in [-0.15, -0.1) is 0 Å². The van der Waals surface area contributed by atoms with Crippen molar-refractivity contribution in [2.45, 2.75) is 6.92 Å². The standard InChI is InChI=1S/C10H6BrNO4/c1-5(13)7-4-16-10-3-9(12(14)15)8(11)2-6(7)10/h2-4H,1H3. The van der Waals surface area contributed by atoms with Crippen molar-refractivity contribution in [1.29, 1.82) is 0 Å². The van der Waals surface area contributed by atoms with E-state index in [1.54, 1.807) is 0 Å². The number of ketones is 1. The number of furan rings is 1. The van der Waals surface area contributed by atoms with E-state index >= 15 is 0 Å². The first-order valence-electron chi connectivity index (χ1n) is 4.37. The van der Waals surface area contributed by atoms with Gasteiger partial charge in [-0.3, -0.25) is 14.9 Å². The Bertz CT molecular complexity index is 602. The van der Waals surface area contributed by atoms with Crippen LogP contribution in [0.2, 0.25) is 0 Å². The third kappa shape index (κ3) is 1.61. The van der Waals surface area contributed by atoms with Crippen LogP contribution in [0.5, 0.6) is 0 Å². The number of Topliss-reactive ketones (excluding diaryl/α,β-unsaturated/α-hetero) is 1. The van der Waals surface area contributed by atoms with Crippen LogP contribution in [0.1, 0.15) is 17.3 Å². The summed E-state index contributed by atoms with van der Waals surface area (Å²) in [5.41, 5.74) is 0.669. The van der Waals surface area contributed by atoms with Gasteiger partial charge in [0.05, 0.1) is 21.0 Å². The van der Waals surface area contributed by atoms with Crippen LogP contribution < -0.4 is 0 Å². The molecule has 0 aliphatic carbocycles. The molecule has 0 N–H and O–H groups in total. The van der Waals surface area contributed by atoms with Crippen LogP contribution in [0.3, 0.4) is 0 Å². The monoisotopic (exact) mass is 283 g/mol. The molecular formula is C10H6BrNO4. The molecule has 82 valence electrons. The quantitative estimate of drug-likeness (QED) is 0.481. The summed E-state index contributed by atoms with van der Waals surface area (Å²) in [7, 11) is 0. The molecule has 0 saturated heterocycles. The van der Waals surface area contributed by atoms with E-state index in [0.717, 1.165) is 0 Å². The molecule has 0 fully saturated rings. The van der Waals surface area contributed by atoms with Gasteiger partial charge >= 0.3 is 0 Å². The molecule has 5 nitrogen and oxygen atoms in total. The minimum Gasteiger partial charge on any atom is -0.463 e. The lowest BCUT2D eigenvalue weighted by atomic mass is 10.1. The van der Waals surface area contributed by atoms with Gasteiger partial charge in [0.1, 0.15) is 11.8 Å². The summed E-state index contributed by atoms with van der Waals surface area (Å²) < 4.78 is 5.44. The van der Waals surface area contributed by atoms with Crippen LogP contribution in [0, 0.1) is 10.1 Å². The molecule has 0 saturated carbocycles. The highest BCUT2D eigenvalue weighted by Crippen LogP contribution is 2.32. The number of carbonyl (C=O) groups is 1. The summed E-state index contributed by atoms with van der Waals surface area (Å²) in [5, 5.41) is 11.2. The van der Waals surface area contributed by atoms with E-state index < -0.39 is 4.92 Å². The molecule has 6 heteroatoms. The highest BCUT2D eigenvalue weighted by molar-refractivity contribution is 9.10. The molecule has 16 heavy (non-hydrogen) atoms. The van der Waals surface area contributed by atoms with Crippen molar-refractivity contribution >= 4 is 38.4 Å². The summed E-state index contributed by atoms with van der Waals surface area (Å²) in [6, 6.07) is 2.82. The van der Waals surface area contributed by atoms with Gasteiger partial charge in [0.2, 0.25) is 0 Å².